The third-order valence-corrected chi connectivity index (χ3v) is 5.16. The van der Waals surface area contributed by atoms with Crippen molar-refractivity contribution < 1.29 is 9.32 Å². The van der Waals surface area contributed by atoms with Crippen LogP contribution in [0.3, 0.4) is 0 Å². The molecule has 1 fully saturated rings. The van der Waals surface area contributed by atoms with Gasteiger partial charge in [-0.05, 0) is 31.0 Å². The van der Waals surface area contributed by atoms with E-state index in [1.807, 2.05) is 30.3 Å². The van der Waals surface area contributed by atoms with Gasteiger partial charge in [-0.15, -0.1) is 0 Å². The van der Waals surface area contributed by atoms with Gasteiger partial charge in [0, 0.05) is 24.1 Å². The molecule has 4 rings (SSSR count). The molecular formula is C20H22N4O2. The Kier molecular flexibility index (Phi) is 4.41. The minimum absolute atomic E-state index is 0.118. The summed E-state index contributed by atoms with van der Waals surface area (Å²) in [6, 6.07) is 9.39. The molecule has 2 aromatic heterocycles. The van der Waals surface area contributed by atoms with E-state index < -0.39 is 5.54 Å². The standard InChI is InChI=1S/C20H22N4O2/c1-14-22-19(24-26-14)20(11-4-2-3-5-12-20)23-18(25)16-8-6-10-17-15(16)9-7-13-21-17/h6-10,13H,2-5,11-12H2,1H3,(H,23,25). The van der Waals surface area contributed by atoms with Gasteiger partial charge in [-0.25, -0.2) is 0 Å². The van der Waals surface area contributed by atoms with Crippen LogP contribution in [-0.4, -0.2) is 21.0 Å². The summed E-state index contributed by atoms with van der Waals surface area (Å²) in [5, 5.41) is 8.26. The van der Waals surface area contributed by atoms with Crippen LogP contribution in [0.2, 0.25) is 0 Å². The first-order valence-electron chi connectivity index (χ1n) is 9.15. The molecule has 0 spiro atoms. The van der Waals surface area contributed by atoms with Gasteiger partial charge in [-0.3, -0.25) is 9.78 Å². The molecule has 1 aliphatic carbocycles. The molecule has 0 bridgehead atoms. The molecule has 3 aromatic rings. The Morgan fingerprint density at radius 1 is 1.12 bits per heavy atom. The Balaban J connectivity index is 1.72. The maximum atomic E-state index is 13.2. The number of carbonyl (C=O) groups is 1. The molecule has 0 aliphatic heterocycles. The lowest BCUT2D eigenvalue weighted by molar-refractivity contribution is 0.0878. The molecule has 0 saturated heterocycles. The van der Waals surface area contributed by atoms with Crippen LogP contribution in [0.5, 0.6) is 0 Å². The molecule has 0 radical (unpaired) electrons. The zero-order valence-corrected chi connectivity index (χ0v) is 14.9. The fourth-order valence-electron chi connectivity index (χ4n) is 3.82. The summed E-state index contributed by atoms with van der Waals surface area (Å²) in [6.07, 6.45) is 7.76. The Morgan fingerprint density at radius 2 is 1.92 bits per heavy atom. The minimum Gasteiger partial charge on any atom is -0.340 e. The van der Waals surface area contributed by atoms with Crippen LogP contribution in [0.25, 0.3) is 10.9 Å². The molecule has 1 aromatic carbocycles. The van der Waals surface area contributed by atoms with E-state index in [-0.39, 0.29) is 5.91 Å². The van der Waals surface area contributed by atoms with Crippen molar-refractivity contribution in [2.45, 2.75) is 51.0 Å². The SMILES string of the molecule is Cc1nc(C2(NC(=O)c3cccc4ncccc34)CCCCCC2)no1. The number of nitrogens with one attached hydrogen (secondary N) is 1. The van der Waals surface area contributed by atoms with Crippen molar-refractivity contribution >= 4 is 16.8 Å². The summed E-state index contributed by atoms with van der Waals surface area (Å²) in [7, 11) is 0. The third kappa shape index (κ3) is 3.07. The van der Waals surface area contributed by atoms with Crippen LogP contribution in [0.1, 0.15) is 60.6 Å². The van der Waals surface area contributed by atoms with Crippen molar-refractivity contribution in [1.29, 1.82) is 0 Å². The first kappa shape index (κ1) is 16.7. The van der Waals surface area contributed by atoms with E-state index in [1.165, 1.54) is 0 Å². The number of aromatic nitrogens is 3. The number of fused-ring (bicyclic) bond motifs is 1. The van der Waals surface area contributed by atoms with Crippen molar-refractivity contribution in [3.05, 3.63) is 53.8 Å². The average Bonchev–Trinajstić information content (AvgIpc) is 2.97. The van der Waals surface area contributed by atoms with E-state index >= 15 is 0 Å². The molecule has 134 valence electrons. The van der Waals surface area contributed by atoms with Gasteiger partial charge in [0.15, 0.2) is 5.82 Å². The number of carbonyl (C=O) groups excluding carboxylic acids is 1. The second-order valence-corrected chi connectivity index (χ2v) is 6.96. The molecule has 1 saturated carbocycles. The predicted octanol–water partition coefficient (Wildman–Crippen LogP) is 3.91. The van der Waals surface area contributed by atoms with Gasteiger partial charge < -0.3 is 9.84 Å². The van der Waals surface area contributed by atoms with Gasteiger partial charge in [0.25, 0.3) is 5.91 Å². The Labute approximate surface area is 152 Å². The fourth-order valence-corrected chi connectivity index (χ4v) is 3.82. The second-order valence-electron chi connectivity index (χ2n) is 6.96. The Bertz CT molecular complexity index is 921. The number of rotatable bonds is 3. The molecule has 0 atom stereocenters. The van der Waals surface area contributed by atoms with Crippen LogP contribution >= 0.6 is 0 Å². The third-order valence-electron chi connectivity index (χ3n) is 5.16. The normalized spacial score (nSPS) is 17.0. The summed E-state index contributed by atoms with van der Waals surface area (Å²) < 4.78 is 5.22. The molecule has 1 amide bonds. The van der Waals surface area contributed by atoms with Crippen LogP contribution in [0.15, 0.2) is 41.1 Å². The number of pyridine rings is 1. The van der Waals surface area contributed by atoms with E-state index in [2.05, 4.69) is 20.4 Å². The highest BCUT2D eigenvalue weighted by atomic mass is 16.5. The lowest BCUT2D eigenvalue weighted by Gasteiger charge is -2.31. The Morgan fingerprint density at radius 3 is 2.65 bits per heavy atom. The highest BCUT2D eigenvalue weighted by molar-refractivity contribution is 6.06. The smallest absolute Gasteiger partial charge is 0.252 e. The monoisotopic (exact) mass is 350 g/mol. The molecule has 6 heteroatoms. The summed E-state index contributed by atoms with van der Waals surface area (Å²) in [4.78, 5) is 22.0. The van der Waals surface area contributed by atoms with Gasteiger partial charge in [0.1, 0.15) is 5.54 Å². The summed E-state index contributed by atoms with van der Waals surface area (Å²) in [6.45, 7) is 1.78. The van der Waals surface area contributed by atoms with E-state index in [4.69, 9.17) is 4.52 Å². The average molecular weight is 350 g/mol. The van der Waals surface area contributed by atoms with Gasteiger partial charge in [-0.1, -0.05) is 43.0 Å². The van der Waals surface area contributed by atoms with Crippen LogP contribution in [0, 0.1) is 6.92 Å². The zero-order chi connectivity index (χ0) is 18.0. The van der Waals surface area contributed by atoms with Crippen LogP contribution < -0.4 is 5.32 Å². The van der Waals surface area contributed by atoms with Gasteiger partial charge in [0.2, 0.25) is 5.89 Å². The molecular weight excluding hydrogens is 328 g/mol. The fraction of sp³-hybridized carbons (Fsp3) is 0.400. The maximum Gasteiger partial charge on any atom is 0.252 e. The number of nitrogens with zero attached hydrogens (tertiary/aromatic N) is 3. The number of hydrogen-bond donors (Lipinski definition) is 1. The van der Waals surface area contributed by atoms with Gasteiger partial charge >= 0.3 is 0 Å². The van der Waals surface area contributed by atoms with Crippen LogP contribution in [-0.2, 0) is 5.54 Å². The molecule has 1 aliphatic rings. The van der Waals surface area contributed by atoms with E-state index in [1.54, 1.807) is 13.1 Å². The van der Waals surface area contributed by atoms with Gasteiger partial charge in [-0.2, -0.15) is 4.98 Å². The maximum absolute atomic E-state index is 13.2. The first-order valence-corrected chi connectivity index (χ1v) is 9.15. The number of aryl methyl sites for hydroxylation is 1. The highest BCUT2D eigenvalue weighted by Crippen LogP contribution is 2.35. The van der Waals surface area contributed by atoms with Crippen molar-refractivity contribution in [3.63, 3.8) is 0 Å². The van der Waals surface area contributed by atoms with Crippen molar-refractivity contribution in [2.75, 3.05) is 0 Å². The predicted molar refractivity (Wildman–Crippen MR) is 97.6 cm³/mol. The van der Waals surface area contributed by atoms with E-state index in [0.29, 0.717) is 17.3 Å². The minimum atomic E-state index is -0.574. The Hall–Kier alpha value is -2.76. The molecule has 0 unspecified atom stereocenters. The van der Waals surface area contributed by atoms with E-state index in [9.17, 15) is 4.79 Å². The zero-order valence-electron chi connectivity index (χ0n) is 14.9. The molecule has 6 nitrogen and oxygen atoms in total. The number of benzene rings is 1. The quantitative estimate of drug-likeness (QED) is 0.725. The first-order chi connectivity index (χ1) is 12.7. The van der Waals surface area contributed by atoms with Gasteiger partial charge in [0.05, 0.1) is 5.52 Å². The highest BCUT2D eigenvalue weighted by Gasteiger charge is 2.39. The lowest BCUT2D eigenvalue weighted by Crippen LogP contribution is -2.46. The summed E-state index contributed by atoms with van der Waals surface area (Å²) in [5.41, 5.74) is 0.861. The lowest BCUT2D eigenvalue weighted by atomic mass is 9.88. The van der Waals surface area contributed by atoms with Crippen molar-refractivity contribution in [3.8, 4) is 0 Å². The summed E-state index contributed by atoms with van der Waals surface area (Å²) in [5.74, 6) is 0.990. The topological polar surface area (TPSA) is 80.9 Å². The second kappa shape index (κ2) is 6.86. The molecule has 2 heterocycles. The largest absolute Gasteiger partial charge is 0.340 e. The van der Waals surface area contributed by atoms with Crippen molar-refractivity contribution in [1.82, 2.24) is 20.4 Å². The van der Waals surface area contributed by atoms with Crippen molar-refractivity contribution in [2.24, 2.45) is 0 Å². The summed E-state index contributed by atoms with van der Waals surface area (Å²) >= 11 is 0. The van der Waals surface area contributed by atoms with E-state index in [0.717, 1.165) is 49.4 Å². The van der Waals surface area contributed by atoms with Crippen LogP contribution in [0.4, 0.5) is 0 Å². The molecule has 26 heavy (non-hydrogen) atoms. The number of amides is 1. The number of hydrogen-bond acceptors (Lipinski definition) is 5. The molecule has 1 N–H and O–H groups in total.